The molecule has 1 unspecified atom stereocenters. The van der Waals surface area contributed by atoms with Gasteiger partial charge in [-0.3, -0.25) is 14.6 Å². The molecule has 5 nitrogen and oxygen atoms in total. The van der Waals surface area contributed by atoms with Crippen LogP contribution in [0.4, 0.5) is 0 Å². The summed E-state index contributed by atoms with van der Waals surface area (Å²) in [6.45, 7) is 1.44. The van der Waals surface area contributed by atoms with Crippen molar-refractivity contribution in [3.05, 3.63) is 52.5 Å². The molecule has 3 aliphatic rings. The number of thiophene rings is 1. The van der Waals surface area contributed by atoms with E-state index in [4.69, 9.17) is 0 Å². The van der Waals surface area contributed by atoms with Gasteiger partial charge in [-0.25, -0.2) is 0 Å². The Balaban J connectivity index is 1.34. The molecule has 0 bridgehead atoms. The molecule has 0 radical (unpaired) electrons. The Labute approximate surface area is 175 Å². The van der Waals surface area contributed by atoms with Gasteiger partial charge in [0.25, 0.3) is 5.91 Å². The summed E-state index contributed by atoms with van der Waals surface area (Å²) in [5, 5.41) is 3.86. The predicted molar refractivity (Wildman–Crippen MR) is 113 cm³/mol. The first-order valence-corrected chi connectivity index (χ1v) is 11.7. The number of carbonyl (C=O) groups excluding carboxylic acids is 2. The summed E-state index contributed by atoms with van der Waals surface area (Å²) in [5.74, 6) is 0.468. The molecule has 2 aromatic rings. The minimum absolute atomic E-state index is 0.120. The number of hydrogen-bond donors (Lipinski definition) is 0. The first-order chi connectivity index (χ1) is 14.2. The number of nitrogens with zero attached hydrogens (tertiary/aromatic N) is 3. The second-order valence-electron chi connectivity index (χ2n) is 8.65. The molecule has 3 fully saturated rings. The first kappa shape index (κ1) is 18.8. The number of likely N-dealkylation sites (tertiary alicyclic amines) is 2. The van der Waals surface area contributed by atoms with E-state index in [9.17, 15) is 9.59 Å². The van der Waals surface area contributed by atoms with Gasteiger partial charge in [-0.2, -0.15) is 11.3 Å². The lowest BCUT2D eigenvalue weighted by atomic mass is 9.59. The number of rotatable bonds is 3. The van der Waals surface area contributed by atoms with Gasteiger partial charge in [-0.05, 0) is 54.8 Å². The molecule has 2 aromatic heterocycles. The molecule has 1 atom stereocenters. The van der Waals surface area contributed by atoms with E-state index in [0.29, 0.717) is 5.91 Å². The van der Waals surface area contributed by atoms with Crippen LogP contribution in [0.15, 0.2) is 41.4 Å². The average Bonchev–Trinajstić information content (AvgIpc) is 3.33. The summed E-state index contributed by atoms with van der Waals surface area (Å²) in [6.07, 6.45) is 10.9. The van der Waals surface area contributed by atoms with Gasteiger partial charge in [0.05, 0.1) is 17.0 Å². The largest absolute Gasteiger partial charge is 0.338 e. The van der Waals surface area contributed by atoms with Crippen LogP contribution in [0.2, 0.25) is 0 Å². The van der Waals surface area contributed by atoms with Crippen LogP contribution in [-0.2, 0) is 4.79 Å². The van der Waals surface area contributed by atoms with Crippen LogP contribution in [0.5, 0.6) is 0 Å². The van der Waals surface area contributed by atoms with Crippen molar-refractivity contribution in [3.8, 4) is 0 Å². The molecule has 6 heteroatoms. The van der Waals surface area contributed by atoms with E-state index in [1.165, 1.54) is 12.0 Å². The lowest BCUT2D eigenvalue weighted by Gasteiger charge is -2.61. The Kier molecular flexibility index (Phi) is 4.90. The van der Waals surface area contributed by atoms with Gasteiger partial charge in [-0.15, -0.1) is 0 Å². The third-order valence-electron chi connectivity index (χ3n) is 7.14. The highest BCUT2D eigenvalue weighted by molar-refractivity contribution is 7.08. The highest BCUT2D eigenvalue weighted by Crippen LogP contribution is 2.59. The molecule has 152 valence electrons. The number of carbonyl (C=O) groups is 2. The van der Waals surface area contributed by atoms with Crippen molar-refractivity contribution in [2.24, 2.45) is 5.41 Å². The maximum atomic E-state index is 13.5. The van der Waals surface area contributed by atoms with E-state index in [0.717, 1.165) is 57.2 Å². The van der Waals surface area contributed by atoms with Crippen molar-refractivity contribution >= 4 is 23.2 Å². The lowest BCUT2D eigenvalue weighted by Crippen LogP contribution is -2.67. The van der Waals surface area contributed by atoms with E-state index in [-0.39, 0.29) is 23.4 Å². The topological polar surface area (TPSA) is 53.5 Å². The Morgan fingerprint density at radius 3 is 2.45 bits per heavy atom. The molecular weight excluding hydrogens is 382 g/mol. The molecular formula is C23H27N3O2S. The van der Waals surface area contributed by atoms with Crippen LogP contribution in [-0.4, -0.2) is 45.7 Å². The van der Waals surface area contributed by atoms with Crippen molar-refractivity contribution in [1.82, 2.24) is 14.8 Å². The quantitative estimate of drug-likeness (QED) is 0.711. The number of aromatic nitrogens is 1. The molecule has 1 saturated carbocycles. The van der Waals surface area contributed by atoms with Gasteiger partial charge in [0.1, 0.15) is 0 Å². The van der Waals surface area contributed by atoms with E-state index in [2.05, 4.69) is 22.0 Å². The van der Waals surface area contributed by atoms with Gasteiger partial charge < -0.3 is 9.80 Å². The summed E-state index contributed by atoms with van der Waals surface area (Å²) in [5.41, 5.74) is 1.80. The number of amides is 2. The van der Waals surface area contributed by atoms with Gasteiger partial charge in [0.15, 0.2) is 0 Å². The van der Waals surface area contributed by atoms with E-state index in [1.807, 2.05) is 34.1 Å². The molecule has 1 aliphatic carbocycles. The van der Waals surface area contributed by atoms with Crippen molar-refractivity contribution < 1.29 is 9.59 Å². The Bertz CT molecular complexity index is 869. The van der Waals surface area contributed by atoms with Gasteiger partial charge in [-0.1, -0.05) is 19.3 Å². The van der Waals surface area contributed by atoms with Crippen LogP contribution in [0.25, 0.3) is 0 Å². The minimum atomic E-state index is -0.205. The van der Waals surface area contributed by atoms with Crippen molar-refractivity contribution in [2.75, 3.05) is 13.1 Å². The minimum Gasteiger partial charge on any atom is -0.338 e. The summed E-state index contributed by atoms with van der Waals surface area (Å²) >= 11 is 1.56. The summed E-state index contributed by atoms with van der Waals surface area (Å²) in [6, 6.07) is 6.44. The summed E-state index contributed by atoms with van der Waals surface area (Å²) in [4.78, 5) is 34.4. The molecule has 0 N–H and O–H groups in total. The number of pyridine rings is 1. The maximum Gasteiger partial charge on any atom is 0.254 e. The third-order valence-corrected chi connectivity index (χ3v) is 7.83. The molecule has 0 aromatic carbocycles. The number of β-lactam (4-membered cyclic amide) rings is 1. The van der Waals surface area contributed by atoms with Gasteiger partial charge in [0, 0.05) is 36.9 Å². The number of hydrogen-bond acceptors (Lipinski definition) is 4. The normalized spacial score (nSPS) is 24.6. The molecule has 5 rings (SSSR count). The summed E-state index contributed by atoms with van der Waals surface area (Å²) < 4.78 is 0. The highest BCUT2D eigenvalue weighted by Gasteiger charge is 2.62. The molecule has 2 saturated heterocycles. The van der Waals surface area contributed by atoms with Crippen molar-refractivity contribution in [3.63, 3.8) is 0 Å². The standard InChI is InChI=1S/C23H27N3O2S/c27-21(18-8-15-29-16-18)25-13-6-19(7-14-25)26-20(17-4-11-24-12-5-17)23(22(26)28)9-2-1-3-10-23/h4-5,8,11-12,15-16,19-20H,1-3,6-7,9-10,13-14H2. The fourth-order valence-corrected chi connectivity index (χ4v) is 6.31. The summed E-state index contributed by atoms with van der Waals surface area (Å²) in [7, 11) is 0. The predicted octanol–water partition coefficient (Wildman–Crippen LogP) is 4.28. The molecule has 2 aliphatic heterocycles. The zero-order chi connectivity index (χ0) is 19.8. The first-order valence-electron chi connectivity index (χ1n) is 10.7. The van der Waals surface area contributed by atoms with Crippen molar-refractivity contribution in [1.29, 1.82) is 0 Å². The zero-order valence-electron chi connectivity index (χ0n) is 16.6. The van der Waals surface area contributed by atoms with Gasteiger partial charge in [0.2, 0.25) is 5.91 Å². The Morgan fingerprint density at radius 2 is 1.79 bits per heavy atom. The Hall–Kier alpha value is -2.21. The average molecular weight is 410 g/mol. The second kappa shape index (κ2) is 7.56. The van der Waals surface area contributed by atoms with Gasteiger partial charge >= 0.3 is 0 Å². The molecule has 1 spiro atoms. The lowest BCUT2D eigenvalue weighted by molar-refractivity contribution is -0.186. The molecule has 2 amide bonds. The maximum absolute atomic E-state index is 13.5. The van der Waals surface area contributed by atoms with Crippen LogP contribution in [0, 0.1) is 5.41 Å². The fraction of sp³-hybridized carbons (Fsp3) is 0.522. The van der Waals surface area contributed by atoms with E-state index >= 15 is 0 Å². The van der Waals surface area contributed by atoms with Crippen LogP contribution >= 0.6 is 11.3 Å². The van der Waals surface area contributed by atoms with Crippen LogP contribution in [0.3, 0.4) is 0 Å². The Morgan fingerprint density at radius 1 is 1.07 bits per heavy atom. The molecule has 4 heterocycles. The van der Waals surface area contributed by atoms with Crippen LogP contribution in [0.1, 0.15) is 66.9 Å². The zero-order valence-corrected chi connectivity index (χ0v) is 17.4. The second-order valence-corrected chi connectivity index (χ2v) is 9.43. The highest BCUT2D eigenvalue weighted by atomic mass is 32.1. The van der Waals surface area contributed by atoms with Crippen molar-refractivity contribution in [2.45, 2.75) is 57.0 Å². The smallest absolute Gasteiger partial charge is 0.254 e. The van der Waals surface area contributed by atoms with E-state index in [1.54, 1.807) is 11.3 Å². The van der Waals surface area contributed by atoms with Crippen LogP contribution < -0.4 is 0 Å². The van der Waals surface area contributed by atoms with E-state index < -0.39 is 0 Å². The third kappa shape index (κ3) is 3.08. The molecule has 29 heavy (non-hydrogen) atoms. The fourth-order valence-electron chi connectivity index (χ4n) is 5.68. The number of piperidine rings is 1. The SMILES string of the molecule is O=C(c1ccsc1)N1CCC(N2C(=O)C3(CCCCC3)C2c2ccncc2)CC1. The monoisotopic (exact) mass is 409 g/mol.